The number of benzene rings is 1. The summed E-state index contributed by atoms with van der Waals surface area (Å²) in [4.78, 5) is 0. The molecule has 2 aliphatic rings. The van der Waals surface area contributed by atoms with Crippen LogP contribution in [0.5, 0.6) is 0 Å². The van der Waals surface area contributed by atoms with Gasteiger partial charge in [0.1, 0.15) is 0 Å². The highest BCUT2D eigenvalue weighted by Crippen LogP contribution is 2.40. The van der Waals surface area contributed by atoms with Gasteiger partial charge in [-0.15, -0.1) is 24.8 Å². The molecule has 0 spiro atoms. The summed E-state index contributed by atoms with van der Waals surface area (Å²) in [5.74, 6) is 0.769. The number of halogens is 2. The minimum absolute atomic E-state index is 0. The second-order valence-electron chi connectivity index (χ2n) is 5.79. The van der Waals surface area contributed by atoms with Gasteiger partial charge in [-0.2, -0.15) is 0 Å². The van der Waals surface area contributed by atoms with E-state index in [0.717, 1.165) is 18.5 Å². The minimum atomic E-state index is 0. The molecular formula is C17H26Cl2N2. The zero-order valence-corrected chi connectivity index (χ0v) is 14.2. The van der Waals surface area contributed by atoms with Crippen LogP contribution in [0, 0.1) is 5.92 Å². The lowest BCUT2D eigenvalue weighted by atomic mass is 10.0. The van der Waals surface area contributed by atoms with Crippen molar-refractivity contribution in [2.45, 2.75) is 38.3 Å². The van der Waals surface area contributed by atoms with Crippen molar-refractivity contribution in [2.24, 2.45) is 5.92 Å². The molecule has 1 aliphatic carbocycles. The van der Waals surface area contributed by atoms with Crippen LogP contribution in [0.25, 0.3) is 6.08 Å². The fraction of sp³-hybridized carbons (Fsp3) is 0.529. The molecule has 1 aromatic carbocycles. The lowest BCUT2D eigenvalue weighted by Crippen LogP contribution is -2.33. The molecule has 118 valence electrons. The first-order valence-corrected chi connectivity index (χ1v) is 7.59. The van der Waals surface area contributed by atoms with E-state index >= 15 is 0 Å². The summed E-state index contributed by atoms with van der Waals surface area (Å²) >= 11 is 0. The van der Waals surface area contributed by atoms with Crippen molar-refractivity contribution in [3.05, 3.63) is 41.5 Å². The van der Waals surface area contributed by atoms with Crippen molar-refractivity contribution in [1.82, 2.24) is 10.6 Å². The van der Waals surface area contributed by atoms with E-state index in [-0.39, 0.29) is 24.8 Å². The standard InChI is InChI=1S/C17H24N2.2ClH/c1-2-14(10-13-6-4-3-5-7-13)16-11-17(16)19-15-8-9-18-12-15;;/h3-7,10,15-19H,2,8-9,11-12H2,1H3;2*1H/t15?,16?,17-;;/m0../s1. The normalized spacial score (nSPS) is 27.7. The van der Waals surface area contributed by atoms with E-state index in [9.17, 15) is 0 Å². The molecule has 1 saturated heterocycles. The van der Waals surface area contributed by atoms with E-state index in [1.165, 1.54) is 31.4 Å². The fourth-order valence-corrected chi connectivity index (χ4v) is 3.12. The minimum Gasteiger partial charge on any atom is -0.315 e. The molecule has 2 nitrogen and oxygen atoms in total. The van der Waals surface area contributed by atoms with Gasteiger partial charge in [-0.1, -0.05) is 48.9 Å². The van der Waals surface area contributed by atoms with Gasteiger partial charge in [0.15, 0.2) is 0 Å². The van der Waals surface area contributed by atoms with Gasteiger partial charge in [0.25, 0.3) is 0 Å². The van der Waals surface area contributed by atoms with Gasteiger partial charge >= 0.3 is 0 Å². The average molecular weight is 329 g/mol. The Kier molecular flexibility index (Phi) is 7.75. The maximum atomic E-state index is 3.80. The molecule has 2 unspecified atom stereocenters. The SMILES string of the molecule is CCC(=Cc1ccccc1)C1C[C@@H]1NC1CCNC1.Cl.Cl. The summed E-state index contributed by atoms with van der Waals surface area (Å²) in [7, 11) is 0. The molecule has 0 aromatic heterocycles. The number of hydrogen-bond donors (Lipinski definition) is 2. The Labute approximate surface area is 140 Å². The topological polar surface area (TPSA) is 24.1 Å². The predicted octanol–water partition coefficient (Wildman–Crippen LogP) is 3.66. The first-order chi connectivity index (χ1) is 9.36. The third-order valence-corrected chi connectivity index (χ3v) is 4.34. The number of hydrogen-bond acceptors (Lipinski definition) is 2. The number of rotatable bonds is 5. The van der Waals surface area contributed by atoms with E-state index in [4.69, 9.17) is 0 Å². The quantitative estimate of drug-likeness (QED) is 0.861. The molecule has 2 fully saturated rings. The van der Waals surface area contributed by atoms with Crippen LogP contribution in [0.15, 0.2) is 35.9 Å². The molecule has 1 saturated carbocycles. The molecule has 0 amide bonds. The van der Waals surface area contributed by atoms with Gasteiger partial charge in [0, 0.05) is 18.6 Å². The lowest BCUT2D eigenvalue weighted by Gasteiger charge is -2.11. The van der Waals surface area contributed by atoms with Crippen LogP contribution in [-0.4, -0.2) is 25.2 Å². The van der Waals surface area contributed by atoms with Crippen LogP contribution in [0.1, 0.15) is 31.7 Å². The summed E-state index contributed by atoms with van der Waals surface area (Å²) in [5, 5.41) is 7.23. The lowest BCUT2D eigenvalue weighted by molar-refractivity contribution is 0.530. The maximum absolute atomic E-state index is 3.80. The van der Waals surface area contributed by atoms with Gasteiger partial charge in [-0.25, -0.2) is 0 Å². The van der Waals surface area contributed by atoms with E-state index in [1.807, 2.05) is 0 Å². The number of nitrogens with one attached hydrogen (secondary N) is 2. The molecule has 3 rings (SSSR count). The van der Waals surface area contributed by atoms with Crippen LogP contribution in [-0.2, 0) is 0 Å². The Hall–Kier alpha value is -0.540. The zero-order valence-electron chi connectivity index (χ0n) is 12.5. The third kappa shape index (κ3) is 5.00. The monoisotopic (exact) mass is 328 g/mol. The Bertz CT molecular complexity index is 441. The molecular weight excluding hydrogens is 303 g/mol. The van der Waals surface area contributed by atoms with E-state index in [2.05, 4.69) is 54.0 Å². The molecule has 0 bridgehead atoms. The van der Waals surface area contributed by atoms with Crippen LogP contribution < -0.4 is 10.6 Å². The summed E-state index contributed by atoms with van der Waals surface area (Å²) < 4.78 is 0. The molecule has 2 N–H and O–H groups in total. The van der Waals surface area contributed by atoms with Gasteiger partial charge in [0.2, 0.25) is 0 Å². The van der Waals surface area contributed by atoms with Gasteiger partial charge < -0.3 is 10.6 Å². The van der Waals surface area contributed by atoms with E-state index < -0.39 is 0 Å². The third-order valence-electron chi connectivity index (χ3n) is 4.34. The second-order valence-corrected chi connectivity index (χ2v) is 5.79. The highest BCUT2D eigenvalue weighted by atomic mass is 35.5. The van der Waals surface area contributed by atoms with Crippen molar-refractivity contribution >= 4 is 30.9 Å². The van der Waals surface area contributed by atoms with Crippen LogP contribution >= 0.6 is 24.8 Å². The van der Waals surface area contributed by atoms with Crippen molar-refractivity contribution < 1.29 is 0 Å². The Balaban J connectivity index is 0.00000110. The van der Waals surface area contributed by atoms with E-state index in [1.54, 1.807) is 5.57 Å². The highest BCUT2D eigenvalue weighted by Gasteiger charge is 2.40. The Morgan fingerprint density at radius 3 is 2.67 bits per heavy atom. The van der Waals surface area contributed by atoms with Crippen molar-refractivity contribution in [2.75, 3.05) is 13.1 Å². The van der Waals surface area contributed by atoms with Crippen molar-refractivity contribution in [1.29, 1.82) is 0 Å². The van der Waals surface area contributed by atoms with Gasteiger partial charge in [-0.3, -0.25) is 0 Å². The molecule has 1 aromatic rings. The maximum Gasteiger partial charge on any atom is 0.0207 e. The smallest absolute Gasteiger partial charge is 0.0207 e. The molecule has 4 heteroatoms. The van der Waals surface area contributed by atoms with Gasteiger partial charge in [0.05, 0.1) is 0 Å². The molecule has 1 heterocycles. The molecule has 21 heavy (non-hydrogen) atoms. The van der Waals surface area contributed by atoms with Crippen LogP contribution in [0.4, 0.5) is 0 Å². The first kappa shape index (κ1) is 18.5. The highest BCUT2D eigenvalue weighted by molar-refractivity contribution is 5.85. The predicted molar refractivity (Wildman–Crippen MR) is 95.5 cm³/mol. The van der Waals surface area contributed by atoms with Crippen molar-refractivity contribution in [3.8, 4) is 0 Å². The Morgan fingerprint density at radius 2 is 2.05 bits per heavy atom. The van der Waals surface area contributed by atoms with Gasteiger partial charge in [-0.05, 0) is 37.3 Å². The van der Waals surface area contributed by atoms with Crippen LogP contribution in [0.2, 0.25) is 0 Å². The largest absolute Gasteiger partial charge is 0.315 e. The second kappa shape index (κ2) is 8.79. The van der Waals surface area contributed by atoms with E-state index in [0.29, 0.717) is 6.04 Å². The summed E-state index contributed by atoms with van der Waals surface area (Å²) in [6.45, 7) is 4.60. The summed E-state index contributed by atoms with van der Waals surface area (Å²) in [6.07, 6.45) is 6.16. The van der Waals surface area contributed by atoms with Crippen molar-refractivity contribution in [3.63, 3.8) is 0 Å². The average Bonchev–Trinajstić information content (AvgIpc) is 2.99. The molecule has 3 atom stereocenters. The van der Waals surface area contributed by atoms with Crippen LogP contribution in [0.3, 0.4) is 0 Å². The summed E-state index contributed by atoms with van der Waals surface area (Å²) in [6, 6.07) is 12.1. The summed E-state index contributed by atoms with van der Waals surface area (Å²) in [5.41, 5.74) is 2.95. The first-order valence-electron chi connectivity index (χ1n) is 7.59. The molecule has 0 radical (unpaired) electrons. The zero-order chi connectivity index (χ0) is 13.1. The Morgan fingerprint density at radius 1 is 1.29 bits per heavy atom. The fourth-order valence-electron chi connectivity index (χ4n) is 3.12. The molecule has 1 aliphatic heterocycles.